The van der Waals surface area contributed by atoms with Crippen molar-refractivity contribution in [1.82, 2.24) is 0 Å². The molecule has 0 fully saturated rings. The third kappa shape index (κ3) is 4.87. The zero-order valence-electron chi connectivity index (χ0n) is 13.2. The van der Waals surface area contributed by atoms with E-state index >= 15 is 0 Å². The van der Waals surface area contributed by atoms with Gasteiger partial charge in [0.1, 0.15) is 5.82 Å². The first-order chi connectivity index (χ1) is 10.0. The van der Waals surface area contributed by atoms with Crippen molar-refractivity contribution in [2.75, 3.05) is 5.01 Å². The van der Waals surface area contributed by atoms with Crippen LogP contribution in [0.4, 0.5) is 10.1 Å². The van der Waals surface area contributed by atoms with Crippen molar-refractivity contribution >= 4 is 5.69 Å². The van der Waals surface area contributed by atoms with Gasteiger partial charge in [0.2, 0.25) is 0 Å². The van der Waals surface area contributed by atoms with E-state index in [0.717, 1.165) is 36.2 Å². The van der Waals surface area contributed by atoms with Crippen molar-refractivity contribution in [2.45, 2.75) is 40.0 Å². The Morgan fingerprint density at radius 2 is 1.81 bits per heavy atom. The van der Waals surface area contributed by atoms with E-state index in [1.807, 2.05) is 6.92 Å². The third-order valence-electron chi connectivity index (χ3n) is 3.60. The molecule has 0 atom stereocenters. The molecule has 0 unspecified atom stereocenters. The molecule has 0 aliphatic heterocycles. The first-order valence-electron chi connectivity index (χ1n) is 7.33. The zero-order chi connectivity index (χ0) is 15.8. The van der Waals surface area contributed by atoms with Crippen LogP contribution >= 0.6 is 0 Å². The molecule has 0 saturated heterocycles. The summed E-state index contributed by atoms with van der Waals surface area (Å²) in [6.07, 6.45) is 6.96. The van der Waals surface area contributed by atoms with Crippen molar-refractivity contribution in [3.05, 3.63) is 65.7 Å². The van der Waals surface area contributed by atoms with Gasteiger partial charge in [-0.2, -0.15) is 0 Å². The maximum Gasteiger partial charge on any atom is 0.123 e. The van der Waals surface area contributed by atoms with Crippen molar-refractivity contribution < 1.29 is 4.39 Å². The van der Waals surface area contributed by atoms with E-state index in [0.29, 0.717) is 0 Å². The number of hydrazine groups is 1. The van der Waals surface area contributed by atoms with Crippen molar-refractivity contribution in [3.8, 4) is 0 Å². The molecule has 3 heteroatoms. The van der Waals surface area contributed by atoms with Gasteiger partial charge in [0, 0.05) is 0 Å². The van der Waals surface area contributed by atoms with Gasteiger partial charge in [-0.25, -0.2) is 10.2 Å². The van der Waals surface area contributed by atoms with E-state index in [4.69, 9.17) is 5.84 Å². The molecule has 0 bridgehead atoms. The van der Waals surface area contributed by atoms with Gasteiger partial charge in [0.15, 0.2) is 0 Å². The highest BCUT2D eigenvalue weighted by molar-refractivity contribution is 5.53. The summed E-state index contributed by atoms with van der Waals surface area (Å²) < 4.78 is 13.0. The van der Waals surface area contributed by atoms with Crippen LogP contribution in [0.2, 0.25) is 0 Å². The average molecular weight is 288 g/mol. The summed E-state index contributed by atoms with van der Waals surface area (Å²) >= 11 is 0. The number of nitrogens with zero attached hydrogens (tertiary/aromatic N) is 1. The second-order valence-corrected chi connectivity index (χ2v) is 4.99. The van der Waals surface area contributed by atoms with E-state index in [2.05, 4.69) is 26.5 Å². The Morgan fingerprint density at radius 3 is 2.29 bits per heavy atom. The van der Waals surface area contributed by atoms with E-state index < -0.39 is 0 Å². The molecular weight excluding hydrogens is 263 g/mol. The van der Waals surface area contributed by atoms with Crippen LogP contribution in [-0.4, -0.2) is 0 Å². The van der Waals surface area contributed by atoms with E-state index in [-0.39, 0.29) is 5.82 Å². The lowest BCUT2D eigenvalue weighted by molar-refractivity contribution is 0.627. The van der Waals surface area contributed by atoms with Crippen LogP contribution < -0.4 is 10.9 Å². The molecule has 1 aromatic rings. The van der Waals surface area contributed by atoms with E-state index in [1.165, 1.54) is 17.7 Å². The van der Waals surface area contributed by atoms with Gasteiger partial charge in [-0.05, 0) is 62.1 Å². The predicted molar refractivity (Wildman–Crippen MR) is 89.2 cm³/mol. The highest BCUT2D eigenvalue weighted by atomic mass is 19.1. The molecule has 2 nitrogen and oxygen atoms in total. The molecule has 0 aliphatic carbocycles. The van der Waals surface area contributed by atoms with Gasteiger partial charge >= 0.3 is 0 Å². The molecule has 2 N–H and O–H groups in total. The smallest absolute Gasteiger partial charge is 0.123 e. The third-order valence-corrected chi connectivity index (χ3v) is 3.60. The van der Waals surface area contributed by atoms with Crippen LogP contribution in [-0.2, 0) is 0 Å². The molecule has 1 aromatic carbocycles. The molecule has 0 aromatic heterocycles. The number of benzene rings is 1. The fourth-order valence-electron chi connectivity index (χ4n) is 2.16. The minimum absolute atomic E-state index is 0.272. The molecule has 0 heterocycles. The highest BCUT2D eigenvalue weighted by Crippen LogP contribution is 2.21. The minimum Gasteiger partial charge on any atom is -0.280 e. The van der Waals surface area contributed by atoms with E-state index in [9.17, 15) is 4.39 Å². The lowest BCUT2D eigenvalue weighted by atomic mass is 10.1. The van der Waals surface area contributed by atoms with Crippen molar-refractivity contribution in [1.29, 1.82) is 0 Å². The lowest BCUT2D eigenvalue weighted by Gasteiger charge is -2.22. The Balaban J connectivity index is 2.98. The molecule has 1 rings (SSSR count). The average Bonchev–Trinajstić information content (AvgIpc) is 2.49. The number of nitrogens with two attached hydrogens (primary N) is 1. The molecule has 0 amide bonds. The zero-order valence-corrected chi connectivity index (χ0v) is 13.2. The van der Waals surface area contributed by atoms with Gasteiger partial charge < -0.3 is 0 Å². The number of hydrogen-bond donors (Lipinski definition) is 1. The summed E-state index contributed by atoms with van der Waals surface area (Å²) in [6, 6.07) is 6.12. The number of halogens is 1. The Labute approximate surface area is 127 Å². The van der Waals surface area contributed by atoms with Gasteiger partial charge in [0.25, 0.3) is 0 Å². The minimum atomic E-state index is -0.272. The number of anilines is 1. The Kier molecular flexibility index (Phi) is 6.89. The first-order valence-corrected chi connectivity index (χ1v) is 7.33. The number of allylic oxidation sites excluding steroid dienone is 4. The topological polar surface area (TPSA) is 29.3 Å². The molecule has 21 heavy (non-hydrogen) atoms. The van der Waals surface area contributed by atoms with Crippen LogP contribution in [0.15, 0.2) is 59.8 Å². The summed E-state index contributed by atoms with van der Waals surface area (Å²) in [5.74, 6) is 5.86. The number of hydrogen-bond acceptors (Lipinski definition) is 2. The van der Waals surface area contributed by atoms with Crippen LogP contribution in [0.3, 0.4) is 0 Å². The maximum atomic E-state index is 13.0. The molecule has 114 valence electrons. The Morgan fingerprint density at radius 1 is 1.24 bits per heavy atom. The summed E-state index contributed by atoms with van der Waals surface area (Å²) in [5, 5.41) is 1.55. The SMILES string of the molecule is C=C/C(=C(/C)CC=C(CC)CC)N(N)c1ccc(F)cc1. The second kappa shape index (κ2) is 8.42. The summed E-state index contributed by atoms with van der Waals surface area (Å²) in [7, 11) is 0. The van der Waals surface area contributed by atoms with Crippen LogP contribution in [0.25, 0.3) is 0 Å². The van der Waals surface area contributed by atoms with Crippen LogP contribution in [0.1, 0.15) is 40.0 Å². The summed E-state index contributed by atoms with van der Waals surface area (Å²) in [4.78, 5) is 0. The van der Waals surface area contributed by atoms with Gasteiger partial charge in [-0.3, -0.25) is 5.01 Å². The Hall–Kier alpha value is -1.87. The lowest BCUT2D eigenvalue weighted by Crippen LogP contribution is -2.30. The largest absolute Gasteiger partial charge is 0.280 e. The fourth-order valence-corrected chi connectivity index (χ4v) is 2.16. The summed E-state index contributed by atoms with van der Waals surface area (Å²) in [6.45, 7) is 10.2. The first kappa shape index (κ1) is 17.2. The molecule has 0 radical (unpaired) electrons. The Bertz CT molecular complexity index is 521. The molecule has 0 aliphatic rings. The monoisotopic (exact) mass is 288 g/mol. The van der Waals surface area contributed by atoms with E-state index in [1.54, 1.807) is 23.2 Å². The van der Waals surface area contributed by atoms with Gasteiger partial charge in [-0.1, -0.05) is 32.1 Å². The molecular formula is C18H25FN2. The van der Waals surface area contributed by atoms with Crippen molar-refractivity contribution in [2.24, 2.45) is 5.84 Å². The van der Waals surface area contributed by atoms with Crippen LogP contribution in [0, 0.1) is 5.82 Å². The maximum absolute atomic E-state index is 13.0. The van der Waals surface area contributed by atoms with Gasteiger partial charge in [-0.15, -0.1) is 0 Å². The second-order valence-electron chi connectivity index (χ2n) is 4.99. The molecule has 0 spiro atoms. The fraction of sp³-hybridized carbons (Fsp3) is 0.333. The van der Waals surface area contributed by atoms with Crippen LogP contribution in [0.5, 0.6) is 0 Å². The van der Waals surface area contributed by atoms with Crippen molar-refractivity contribution in [3.63, 3.8) is 0 Å². The quantitative estimate of drug-likeness (QED) is 0.327. The predicted octanol–water partition coefficient (Wildman–Crippen LogP) is 5.10. The molecule has 0 saturated carbocycles. The number of rotatable bonds is 7. The summed E-state index contributed by atoms with van der Waals surface area (Å²) in [5.41, 5.74) is 4.16. The normalized spacial score (nSPS) is 11.7. The van der Waals surface area contributed by atoms with Gasteiger partial charge in [0.05, 0.1) is 11.4 Å². The standard InChI is InChI=1S/C18H25FN2/c1-5-15(6-2)9-8-14(4)18(7-3)21(20)17-12-10-16(19)11-13-17/h7,9-13H,3,5-6,8,20H2,1-2,4H3/b18-14+. The highest BCUT2D eigenvalue weighted by Gasteiger charge is 2.08.